The van der Waals surface area contributed by atoms with Crippen LogP contribution in [-0.4, -0.2) is 42.1 Å². The molecule has 5 heteroatoms. The van der Waals surface area contributed by atoms with Crippen molar-refractivity contribution in [1.29, 1.82) is 0 Å². The van der Waals surface area contributed by atoms with Crippen LogP contribution in [0.3, 0.4) is 0 Å². The van der Waals surface area contributed by atoms with Gasteiger partial charge in [0.1, 0.15) is 0 Å². The summed E-state index contributed by atoms with van der Waals surface area (Å²) in [6, 6.07) is 9.78. The molecule has 0 bridgehead atoms. The normalized spacial score (nSPS) is 16.8. The Morgan fingerprint density at radius 3 is 2.81 bits per heavy atom. The zero-order chi connectivity index (χ0) is 14.7. The smallest absolute Gasteiger partial charge is 0.319 e. The maximum absolute atomic E-state index is 12.1. The Balaban J connectivity index is 1.66. The van der Waals surface area contributed by atoms with Crippen LogP contribution < -0.4 is 10.6 Å². The second-order valence-electron chi connectivity index (χ2n) is 5.56. The third-order valence-electron chi connectivity index (χ3n) is 3.93. The predicted octanol–water partition coefficient (Wildman–Crippen LogP) is 2.45. The minimum Gasteiger partial charge on any atom is -0.335 e. The van der Waals surface area contributed by atoms with Crippen molar-refractivity contribution >= 4 is 22.6 Å². The number of benzene rings is 1. The first-order chi connectivity index (χ1) is 10.2. The molecule has 0 spiro atoms. The van der Waals surface area contributed by atoms with E-state index in [0.29, 0.717) is 0 Å². The number of hydrogen-bond acceptors (Lipinski definition) is 3. The monoisotopic (exact) mass is 284 g/mol. The van der Waals surface area contributed by atoms with Crippen LogP contribution in [0.1, 0.15) is 12.8 Å². The van der Waals surface area contributed by atoms with Crippen LogP contribution >= 0.6 is 0 Å². The summed E-state index contributed by atoms with van der Waals surface area (Å²) in [7, 11) is 2.11. The van der Waals surface area contributed by atoms with E-state index in [1.54, 1.807) is 6.20 Å². The fourth-order valence-electron chi connectivity index (χ4n) is 2.70. The first kappa shape index (κ1) is 13.8. The van der Waals surface area contributed by atoms with E-state index >= 15 is 0 Å². The molecule has 1 aliphatic heterocycles. The molecule has 110 valence electrons. The Labute approximate surface area is 124 Å². The van der Waals surface area contributed by atoms with Gasteiger partial charge < -0.3 is 15.5 Å². The maximum Gasteiger partial charge on any atom is 0.319 e. The molecular weight excluding hydrogens is 264 g/mol. The van der Waals surface area contributed by atoms with Crippen LogP contribution in [0, 0.1) is 0 Å². The van der Waals surface area contributed by atoms with Crippen molar-refractivity contribution in [1.82, 2.24) is 15.2 Å². The molecule has 1 saturated heterocycles. The van der Waals surface area contributed by atoms with Crippen LogP contribution in [0.15, 0.2) is 36.5 Å². The topological polar surface area (TPSA) is 57.3 Å². The van der Waals surface area contributed by atoms with E-state index in [0.717, 1.165) is 42.5 Å². The number of aromatic nitrogens is 1. The summed E-state index contributed by atoms with van der Waals surface area (Å²) in [5.74, 6) is 0. The third kappa shape index (κ3) is 3.31. The number of likely N-dealkylation sites (tertiary alicyclic amines) is 1. The number of para-hydroxylation sites is 1. The van der Waals surface area contributed by atoms with Gasteiger partial charge in [-0.25, -0.2) is 4.79 Å². The van der Waals surface area contributed by atoms with Gasteiger partial charge in [0.2, 0.25) is 0 Å². The number of nitrogens with one attached hydrogen (secondary N) is 2. The van der Waals surface area contributed by atoms with Crippen molar-refractivity contribution in [2.45, 2.75) is 18.9 Å². The maximum atomic E-state index is 12.1. The van der Waals surface area contributed by atoms with Crippen LogP contribution in [0.2, 0.25) is 0 Å². The highest BCUT2D eigenvalue weighted by molar-refractivity contribution is 5.99. The minimum absolute atomic E-state index is 0.150. The number of anilines is 1. The molecule has 1 fully saturated rings. The molecule has 0 atom stereocenters. The van der Waals surface area contributed by atoms with E-state index < -0.39 is 0 Å². The van der Waals surface area contributed by atoms with Crippen molar-refractivity contribution in [3.8, 4) is 0 Å². The number of amides is 2. The van der Waals surface area contributed by atoms with Gasteiger partial charge in [-0.05, 0) is 45.1 Å². The molecule has 3 rings (SSSR count). The lowest BCUT2D eigenvalue weighted by Gasteiger charge is -2.29. The zero-order valence-electron chi connectivity index (χ0n) is 12.2. The van der Waals surface area contributed by atoms with E-state index in [1.807, 2.05) is 30.3 Å². The average Bonchev–Trinajstić information content (AvgIpc) is 2.50. The summed E-state index contributed by atoms with van der Waals surface area (Å²) in [4.78, 5) is 18.8. The number of fused-ring (bicyclic) bond motifs is 1. The van der Waals surface area contributed by atoms with E-state index in [1.165, 1.54) is 0 Å². The van der Waals surface area contributed by atoms with Crippen LogP contribution in [0.5, 0.6) is 0 Å². The molecule has 5 nitrogen and oxygen atoms in total. The van der Waals surface area contributed by atoms with Gasteiger partial charge in [0.25, 0.3) is 0 Å². The van der Waals surface area contributed by atoms with Crippen molar-refractivity contribution in [2.75, 3.05) is 25.5 Å². The number of carbonyl (C=O) groups excluding carboxylic acids is 1. The molecule has 0 saturated carbocycles. The van der Waals surface area contributed by atoms with E-state index in [9.17, 15) is 4.79 Å². The predicted molar refractivity (Wildman–Crippen MR) is 84.4 cm³/mol. The number of rotatable bonds is 2. The number of nitrogens with zero attached hydrogens (tertiary/aromatic N) is 2. The van der Waals surface area contributed by atoms with Crippen molar-refractivity contribution < 1.29 is 4.79 Å². The SMILES string of the molecule is CN1CCC(NC(=O)Nc2cccc3cccnc23)CC1. The number of pyridine rings is 1. The lowest BCUT2D eigenvalue weighted by Crippen LogP contribution is -2.44. The molecule has 0 radical (unpaired) electrons. The van der Waals surface area contributed by atoms with Gasteiger partial charge in [-0.2, -0.15) is 0 Å². The van der Waals surface area contributed by atoms with Crippen LogP contribution in [-0.2, 0) is 0 Å². The summed E-state index contributed by atoms with van der Waals surface area (Å²) in [5.41, 5.74) is 1.57. The van der Waals surface area contributed by atoms with Crippen molar-refractivity contribution in [3.63, 3.8) is 0 Å². The van der Waals surface area contributed by atoms with Gasteiger partial charge in [-0.15, -0.1) is 0 Å². The highest BCUT2D eigenvalue weighted by Gasteiger charge is 2.18. The van der Waals surface area contributed by atoms with Gasteiger partial charge in [0.15, 0.2) is 0 Å². The fourth-order valence-corrected chi connectivity index (χ4v) is 2.70. The molecule has 1 aromatic carbocycles. The number of urea groups is 1. The average molecular weight is 284 g/mol. The molecule has 0 aliphatic carbocycles. The van der Waals surface area contributed by atoms with Gasteiger partial charge in [0.05, 0.1) is 11.2 Å². The molecule has 21 heavy (non-hydrogen) atoms. The van der Waals surface area contributed by atoms with E-state index in [-0.39, 0.29) is 12.1 Å². The number of hydrogen-bond donors (Lipinski definition) is 2. The lowest BCUT2D eigenvalue weighted by molar-refractivity contribution is 0.221. The fraction of sp³-hybridized carbons (Fsp3) is 0.375. The Hall–Kier alpha value is -2.14. The second kappa shape index (κ2) is 6.10. The molecular formula is C16H20N4O. The largest absolute Gasteiger partial charge is 0.335 e. The molecule has 2 amide bonds. The van der Waals surface area contributed by atoms with Gasteiger partial charge in [0, 0.05) is 17.6 Å². The second-order valence-corrected chi connectivity index (χ2v) is 5.56. The van der Waals surface area contributed by atoms with Crippen molar-refractivity contribution in [2.24, 2.45) is 0 Å². The molecule has 2 N–H and O–H groups in total. The molecule has 2 aromatic rings. The van der Waals surface area contributed by atoms with E-state index in [2.05, 4.69) is 27.6 Å². The summed E-state index contributed by atoms with van der Waals surface area (Å²) >= 11 is 0. The number of carbonyl (C=O) groups is 1. The lowest BCUT2D eigenvalue weighted by atomic mass is 10.1. The summed E-state index contributed by atoms with van der Waals surface area (Å²) in [6.07, 6.45) is 3.73. The Bertz CT molecular complexity index is 630. The van der Waals surface area contributed by atoms with E-state index in [4.69, 9.17) is 0 Å². The highest BCUT2D eigenvalue weighted by atomic mass is 16.2. The van der Waals surface area contributed by atoms with Gasteiger partial charge in [-0.3, -0.25) is 4.98 Å². The standard InChI is InChI=1S/C16H20N4O/c1-20-10-7-13(8-11-20)18-16(21)19-14-6-2-4-12-5-3-9-17-15(12)14/h2-6,9,13H,7-8,10-11H2,1H3,(H2,18,19,21). The zero-order valence-corrected chi connectivity index (χ0v) is 12.2. The van der Waals surface area contributed by atoms with Crippen molar-refractivity contribution in [3.05, 3.63) is 36.5 Å². The summed E-state index contributed by atoms with van der Waals surface area (Å²) in [5, 5.41) is 6.99. The minimum atomic E-state index is -0.150. The quantitative estimate of drug-likeness (QED) is 0.890. The molecule has 1 aliphatic rings. The third-order valence-corrected chi connectivity index (χ3v) is 3.93. The Kier molecular flexibility index (Phi) is 4.01. The molecule has 1 aromatic heterocycles. The summed E-state index contributed by atoms with van der Waals surface area (Å²) < 4.78 is 0. The first-order valence-electron chi connectivity index (χ1n) is 7.32. The number of piperidine rings is 1. The molecule has 2 heterocycles. The van der Waals surface area contributed by atoms with Gasteiger partial charge >= 0.3 is 6.03 Å². The highest BCUT2D eigenvalue weighted by Crippen LogP contribution is 2.20. The van der Waals surface area contributed by atoms with Crippen LogP contribution in [0.4, 0.5) is 10.5 Å². The first-order valence-corrected chi connectivity index (χ1v) is 7.32. The molecule has 0 unspecified atom stereocenters. The van der Waals surface area contributed by atoms with Gasteiger partial charge in [-0.1, -0.05) is 18.2 Å². The summed E-state index contributed by atoms with van der Waals surface area (Å²) in [6.45, 7) is 2.06. The Morgan fingerprint density at radius 2 is 2.00 bits per heavy atom. The van der Waals surface area contributed by atoms with Crippen LogP contribution in [0.25, 0.3) is 10.9 Å². The Morgan fingerprint density at radius 1 is 1.24 bits per heavy atom.